The molecule has 1 aromatic carbocycles. The van der Waals surface area contributed by atoms with Crippen molar-refractivity contribution >= 4 is 0 Å². The third-order valence-electron chi connectivity index (χ3n) is 2.60. The Kier molecular flexibility index (Phi) is 4.04. The summed E-state index contributed by atoms with van der Waals surface area (Å²) in [7, 11) is 1.61. The van der Waals surface area contributed by atoms with Gasteiger partial charge in [0.2, 0.25) is 0 Å². The molecule has 1 rings (SSSR count). The van der Waals surface area contributed by atoms with Crippen LogP contribution < -0.4 is 4.74 Å². The summed E-state index contributed by atoms with van der Waals surface area (Å²) in [6.07, 6.45) is -11.3. The Morgan fingerprint density at radius 2 is 1.21 bits per heavy atom. The van der Waals surface area contributed by atoms with Crippen molar-refractivity contribution in [3.05, 3.63) is 29.8 Å². The van der Waals surface area contributed by atoms with E-state index in [0.29, 0.717) is 19.2 Å². The van der Waals surface area contributed by atoms with Crippen LogP contribution in [0.1, 0.15) is 5.56 Å². The molecule has 1 aromatic rings. The zero-order chi connectivity index (χ0) is 14.9. The molecule has 0 N–H and O–H groups in total. The van der Waals surface area contributed by atoms with Crippen LogP contribution in [0.3, 0.4) is 0 Å². The number of alkyl halides is 6. The summed E-state index contributed by atoms with van der Waals surface area (Å²) in [5.74, 6) is 0.137. The fourth-order valence-corrected chi connectivity index (χ4v) is 1.66. The first-order chi connectivity index (χ1) is 8.60. The van der Waals surface area contributed by atoms with E-state index in [-0.39, 0.29) is 5.75 Å². The van der Waals surface area contributed by atoms with Crippen molar-refractivity contribution in [2.24, 2.45) is 0 Å². The van der Waals surface area contributed by atoms with Crippen molar-refractivity contribution in [1.82, 2.24) is 0 Å². The highest BCUT2D eigenvalue weighted by molar-refractivity contribution is 5.33. The zero-order valence-electron chi connectivity index (χ0n) is 9.89. The molecule has 0 saturated carbocycles. The van der Waals surface area contributed by atoms with Crippen LogP contribution in [-0.2, 0) is 10.3 Å². The van der Waals surface area contributed by atoms with Crippen LogP contribution in [0.5, 0.6) is 5.75 Å². The van der Waals surface area contributed by atoms with Gasteiger partial charge in [0.1, 0.15) is 5.75 Å². The van der Waals surface area contributed by atoms with Gasteiger partial charge < -0.3 is 9.47 Å². The van der Waals surface area contributed by atoms with Gasteiger partial charge in [-0.2, -0.15) is 26.3 Å². The second-order valence-corrected chi connectivity index (χ2v) is 3.61. The number of hydrogen-bond acceptors (Lipinski definition) is 2. The summed E-state index contributed by atoms with van der Waals surface area (Å²) in [6.45, 7) is 0. The minimum absolute atomic E-state index is 0.137. The molecule has 0 unspecified atom stereocenters. The predicted octanol–water partition coefficient (Wildman–Crippen LogP) is 3.66. The summed E-state index contributed by atoms with van der Waals surface area (Å²) in [5.41, 5.74) is -5.41. The maximum atomic E-state index is 12.9. The van der Waals surface area contributed by atoms with Gasteiger partial charge in [-0.15, -0.1) is 0 Å². The molecule has 0 spiro atoms. The molecule has 0 aliphatic heterocycles. The van der Waals surface area contributed by atoms with Crippen molar-refractivity contribution < 1.29 is 35.8 Å². The molecule has 0 amide bonds. The molecule has 19 heavy (non-hydrogen) atoms. The average Bonchev–Trinajstić information content (AvgIpc) is 2.27. The lowest BCUT2D eigenvalue weighted by atomic mass is 9.92. The molecule has 0 radical (unpaired) electrons. The fraction of sp³-hybridized carbons (Fsp3) is 0.455. The molecular weight excluding hydrogens is 278 g/mol. The van der Waals surface area contributed by atoms with Crippen LogP contribution in [0, 0.1) is 0 Å². The number of ether oxygens (including phenoxy) is 2. The first kappa shape index (κ1) is 15.6. The number of hydrogen-bond donors (Lipinski definition) is 0. The van der Waals surface area contributed by atoms with Crippen molar-refractivity contribution in [2.45, 2.75) is 18.0 Å². The highest BCUT2D eigenvalue weighted by Crippen LogP contribution is 2.52. The monoisotopic (exact) mass is 288 g/mol. The predicted molar refractivity (Wildman–Crippen MR) is 53.8 cm³/mol. The van der Waals surface area contributed by atoms with E-state index < -0.39 is 23.5 Å². The van der Waals surface area contributed by atoms with Crippen molar-refractivity contribution in [1.29, 1.82) is 0 Å². The lowest BCUT2D eigenvalue weighted by Crippen LogP contribution is -2.55. The molecular formula is C11H10F6O2. The molecule has 0 saturated heterocycles. The fourth-order valence-electron chi connectivity index (χ4n) is 1.66. The third-order valence-corrected chi connectivity index (χ3v) is 2.60. The standard InChI is InChI=1S/C11H10F6O2/c1-18-8-5-3-7(4-6-8)9(19-2,10(12,13)14)11(15,16)17/h3-6H,1-2H3. The Hall–Kier alpha value is -1.44. The Morgan fingerprint density at radius 3 is 1.47 bits per heavy atom. The minimum atomic E-state index is -5.64. The topological polar surface area (TPSA) is 18.5 Å². The van der Waals surface area contributed by atoms with Crippen molar-refractivity contribution in [3.8, 4) is 5.75 Å². The van der Waals surface area contributed by atoms with E-state index >= 15 is 0 Å². The minimum Gasteiger partial charge on any atom is -0.497 e. The van der Waals surface area contributed by atoms with E-state index in [9.17, 15) is 26.3 Å². The highest BCUT2D eigenvalue weighted by Gasteiger charge is 2.72. The van der Waals surface area contributed by atoms with Gasteiger partial charge in [0.15, 0.2) is 0 Å². The lowest BCUT2D eigenvalue weighted by Gasteiger charge is -2.36. The average molecular weight is 288 g/mol. The molecule has 0 bridgehead atoms. The van der Waals surface area contributed by atoms with Gasteiger partial charge in [-0.25, -0.2) is 0 Å². The summed E-state index contributed by atoms with van der Waals surface area (Å²) in [5, 5.41) is 0. The first-order valence-electron chi connectivity index (χ1n) is 4.93. The largest absolute Gasteiger partial charge is 0.497 e. The molecule has 0 fully saturated rings. The molecule has 0 atom stereocenters. The van der Waals surface area contributed by atoms with E-state index in [4.69, 9.17) is 0 Å². The maximum Gasteiger partial charge on any atom is 0.430 e. The van der Waals surface area contributed by atoms with Crippen LogP contribution in [0.4, 0.5) is 26.3 Å². The van der Waals surface area contributed by atoms with E-state index in [1.807, 2.05) is 0 Å². The molecule has 8 heteroatoms. The molecule has 0 aromatic heterocycles. The Morgan fingerprint density at radius 1 is 0.789 bits per heavy atom. The number of rotatable bonds is 3. The van der Waals surface area contributed by atoms with Crippen LogP contribution >= 0.6 is 0 Å². The molecule has 0 aliphatic rings. The summed E-state index contributed by atoms with van der Waals surface area (Å²) in [4.78, 5) is 0. The van der Waals surface area contributed by atoms with Gasteiger partial charge in [-0.05, 0) is 12.1 Å². The number of halogens is 6. The molecule has 108 valence electrons. The van der Waals surface area contributed by atoms with Crippen LogP contribution in [0.25, 0.3) is 0 Å². The second kappa shape index (κ2) is 4.92. The SMILES string of the molecule is COc1ccc(C(OC)(C(F)(F)F)C(F)(F)F)cc1. The Balaban J connectivity index is 3.46. The summed E-state index contributed by atoms with van der Waals surface area (Å²) >= 11 is 0. The number of benzene rings is 1. The second-order valence-electron chi connectivity index (χ2n) is 3.61. The highest BCUT2D eigenvalue weighted by atomic mass is 19.4. The maximum absolute atomic E-state index is 12.9. The van der Waals surface area contributed by atoms with E-state index in [0.717, 1.165) is 12.1 Å². The summed E-state index contributed by atoms with van der Waals surface area (Å²) in [6, 6.07) is 3.34. The van der Waals surface area contributed by atoms with E-state index in [1.54, 1.807) is 0 Å². The number of methoxy groups -OCH3 is 2. The lowest BCUT2D eigenvalue weighted by molar-refractivity contribution is -0.383. The molecule has 2 nitrogen and oxygen atoms in total. The summed E-state index contributed by atoms with van der Waals surface area (Å²) < 4.78 is 85.7. The molecule has 0 aliphatic carbocycles. The van der Waals surface area contributed by atoms with Crippen LogP contribution in [0.15, 0.2) is 24.3 Å². The Bertz CT molecular complexity index is 406. The van der Waals surface area contributed by atoms with Crippen LogP contribution in [0.2, 0.25) is 0 Å². The van der Waals surface area contributed by atoms with Gasteiger partial charge in [-0.3, -0.25) is 0 Å². The molecule has 0 heterocycles. The third kappa shape index (κ3) is 2.49. The van der Waals surface area contributed by atoms with Gasteiger partial charge in [0.05, 0.1) is 7.11 Å². The van der Waals surface area contributed by atoms with E-state index in [2.05, 4.69) is 9.47 Å². The van der Waals surface area contributed by atoms with Crippen molar-refractivity contribution in [2.75, 3.05) is 14.2 Å². The van der Waals surface area contributed by atoms with Gasteiger partial charge in [0.25, 0.3) is 5.60 Å². The van der Waals surface area contributed by atoms with Gasteiger partial charge in [0, 0.05) is 12.7 Å². The van der Waals surface area contributed by atoms with Crippen molar-refractivity contribution in [3.63, 3.8) is 0 Å². The van der Waals surface area contributed by atoms with Crippen LogP contribution in [-0.4, -0.2) is 26.6 Å². The zero-order valence-corrected chi connectivity index (χ0v) is 9.89. The quantitative estimate of drug-likeness (QED) is 0.790. The van der Waals surface area contributed by atoms with E-state index in [1.165, 1.54) is 7.11 Å². The first-order valence-corrected chi connectivity index (χ1v) is 4.93. The normalized spacial score (nSPS) is 13.5. The Labute approximate surface area is 104 Å². The van der Waals surface area contributed by atoms with Gasteiger partial charge >= 0.3 is 12.4 Å². The smallest absolute Gasteiger partial charge is 0.430 e. The van der Waals surface area contributed by atoms with Gasteiger partial charge in [-0.1, -0.05) is 12.1 Å².